The van der Waals surface area contributed by atoms with Crippen LogP contribution in [0.1, 0.15) is 10.5 Å². The van der Waals surface area contributed by atoms with Crippen LogP contribution in [0, 0.1) is 0 Å². The van der Waals surface area contributed by atoms with Crippen LogP contribution < -0.4 is 10.6 Å². The average Bonchev–Trinajstić information content (AvgIpc) is 3.13. The fraction of sp³-hybridized carbons (Fsp3) is 0.267. The molecule has 0 spiro atoms. The number of fused-ring (bicyclic) bond motifs is 1. The van der Waals surface area contributed by atoms with Crippen LogP contribution >= 0.6 is 22.9 Å². The Balaban J connectivity index is 1.65. The summed E-state index contributed by atoms with van der Waals surface area (Å²) in [5.74, 6) is -0.203. The highest BCUT2D eigenvalue weighted by atomic mass is 35.5. The summed E-state index contributed by atoms with van der Waals surface area (Å²) in [7, 11) is 3.90. The number of hydrogen-bond acceptors (Lipinski definition) is 7. The zero-order valence-electron chi connectivity index (χ0n) is 13.2. The Morgan fingerprint density at radius 3 is 3.00 bits per heavy atom. The largest absolute Gasteiger partial charge is 0.423 e. The molecule has 0 fully saturated rings. The van der Waals surface area contributed by atoms with E-state index in [1.807, 2.05) is 19.0 Å². The number of aromatic nitrogens is 2. The van der Waals surface area contributed by atoms with Gasteiger partial charge >= 0.3 is 6.01 Å². The number of benzene rings is 1. The van der Waals surface area contributed by atoms with Gasteiger partial charge in [0.2, 0.25) is 0 Å². The number of oxazole rings is 1. The molecule has 2 aromatic heterocycles. The minimum absolute atomic E-state index is 0.203. The molecule has 2 N–H and O–H groups in total. The van der Waals surface area contributed by atoms with Gasteiger partial charge in [-0.25, -0.2) is 4.98 Å². The maximum absolute atomic E-state index is 12.0. The predicted octanol–water partition coefficient (Wildman–Crippen LogP) is 2.97. The molecule has 2 heterocycles. The molecule has 9 heteroatoms. The lowest BCUT2D eigenvalue weighted by Crippen LogP contribution is -2.31. The summed E-state index contributed by atoms with van der Waals surface area (Å²) in [5, 5.41) is 8.59. The Kier molecular flexibility index (Phi) is 4.98. The minimum atomic E-state index is -0.203. The molecule has 0 unspecified atom stereocenters. The lowest BCUT2D eigenvalue weighted by atomic mass is 10.3. The number of halogens is 1. The Hall–Kier alpha value is -2.16. The number of amides is 1. The van der Waals surface area contributed by atoms with Gasteiger partial charge in [-0.05, 0) is 32.3 Å². The molecular weight excluding hydrogens is 350 g/mol. The Labute approximate surface area is 147 Å². The van der Waals surface area contributed by atoms with Gasteiger partial charge in [-0.15, -0.1) is 11.3 Å². The van der Waals surface area contributed by atoms with E-state index in [0.717, 1.165) is 6.54 Å². The van der Waals surface area contributed by atoms with E-state index in [1.165, 1.54) is 11.3 Å². The van der Waals surface area contributed by atoms with Crippen molar-refractivity contribution in [2.75, 3.05) is 32.5 Å². The number of nitrogens with one attached hydrogen (secondary N) is 2. The van der Waals surface area contributed by atoms with Gasteiger partial charge in [-0.1, -0.05) is 11.6 Å². The van der Waals surface area contributed by atoms with E-state index in [0.29, 0.717) is 39.5 Å². The zero-order valence-corrected chi connectivity index (χ0v) is 14.7. The number of nitrogens with zero attached hydrogens (tertiary/aromatic N) is 3. The van der Waals surface area contributed by atoms with Crippen molar-refractivity contribution in [3.05, 3.63) is 34.3 Å². The van der Waals surface area contributed by atoms with Gasteiger partial charge in [0.25, 0.3) is 5.91 Å². The molecular formula is C15H16ClN5O2S. The van der Waals surface area contributed by atoms with E-state index in [1.54, 1.807) is 23.6 Å². The fourth-order valence-electron chi connectivity index (χ4n) is 1.96. The molecule has 0 atom stereocenters. The van der Waals surface area contributed by atoms with Gasteiger partial charge in [0, 0.05) is 23.5 Å². The molecule has 3 rings (SSSR count). The minimum Gasteiger partial charge on any atom is -0.423 e. The van der Waals surface area contributed by atoms with Crippen molar-refractivity contribution in [3.8, 4) is 0 Å². The second-order valence-electron chi connectivity index (χ2n) is 5.35. The summed E-state index contributed by atoms with van der Waals surface area (Å²) in [5.41, 5.74) is 1.64. The molecule has 0 saturated carbocycles. The molecule has 0 aliphatic heterocycles. The number of hydrogen-bond donors (Lipinski definition) is 2. The first-order valence-electron chi connectivity index (χ1n) is 7.23. The summed E-state index contributed by atoms with van der Waals surface area (Å²) in [6.07, 6.45) is 0. The standard InChI is InChI=1S/C15H16ClN5O2S/c1-21(2)6-5-17-13(22)11-8-24-15(19-11)20-14-18-10-7-9(16)3-4-12(10)23-14/h3-4,7-8H,5-6H2,1-2H3,(H,17,22)(H,18,19,20). The highest BCUT2D eigenvalue weighted by molar-refractivity contribution is 7.14. The molecule has 0 bridgehead atoms. The number of likely N-dealkylation sites (N-methyl/N-ethyl adjacent to an activating group) is 1. The summed E-state index contributed by atoms with van der Waals surface area (Å²) < 4.78 is 5.57. The molecule has 7 nitrogen and oxygen atoms in total. The van der Waals surface area contributed by atoms with E-state index in [9.17, 15) is 4.79 Å². The lowest BCUT2D eigenvalue weighted by molar-refractivity contribution is 0.0947. The normalized spacial score (nSPS) is 11.2. The van der Waals surface area contributed by atoms with E-state index in [2.05, 4.69) is 20.6 Å². The molecule has 24 heavy (non-hydrogen) atoms. The quantitative estimate of drug-likeness (QED) is 0.698. The van der Waals surface area contributed by atoms with Crippen LogP contribution in [-0.2, 0) is 0 Å². The Bertz CT molecular complexity index is 861. The first-order chi connectivity index (χ1) is 11.5. The van der Waals surface area contributed by atoms with Crippen LogP contribution in [0.3, 0.4) is 0 Å². The number of carbonyl (C=O) groups excluding carboxylic acids is 1. The van der Waals surface area contributed by atoms with Crippen molar-refractivity contribution in [1.82, 2.24) is 20.2 Å². The maximum Gasteiger partial charge on any atom is 0.302 e. The smallest absolute Gasteiger partial charge is 0.302 e. The fourth-order valence-corrected chi connectivity index (χ4v) is 2.81. The summed E-state index contributed by atoms with van der Waals surface area (Å²) in [4.78, 5) is 22.5. The van der Waals surface area contributed by atoms with E-state index in [4.69, 9.17) is 16.0 Å². The van der Waals surface area contributed by atoms with Crippen LogP contribution in [0.4, 0.5) is 11.1 Å². The van der Waals surface area contributed by atoms with Gasteiger partial charge < -0.3 is 14.6 Å². The first kappa shape index (κ1) is 16.7. The van der Waals surface area contributed by atoms with Gasteiger partial charge in [-0.2, -0.15) is 4.98 Å². The summed E-state index contributed by atoms with van der Waals surface area (Å²) in [6, 6.07) is 5.51. The highest BCUT2D eigenvalue weighted by Gasteiger charge is 2.12. The van der Waals surface area contributed by atoms with Crippen LogP contribution in [-0.4, -0.2) is 48.0 Å². The molecule has 126 valence electrons. The number of rotatable bonds is 6. The van der Waals surface area contributed by atoms with Crippen molar-refractivity contribution in [3.63, 3.8) is 0 Å². The second kappa shape index (κ2) is 7.16. The van der Waals surface area contributed by atoms with Crippen LogP contribution in [0.5, 0.6) is 0 Å². The first-order valence-corrected chi connectivity index (χ1v) is 8.48. The molecule has 0 saturated heterocycles. The van der Waals surface area contributed by atoms with Crippen molar-refractivity contribution in [2.24, 2.45) is 0 Å². The van der Waals surface area contributed by atoms with Crippen LogP contribution in [0.25, 0.3) is 11.1 Å². The lowest BCUT2D eigenvalue weighted by Gasteiger charge is -2.09. The predicted molar refractivity (Wildman–Crippen MR) is 95.3 cm³/mol. The van der Waals surface area contributed by atoms with Crippen LogP contribution in [0.2, 0.25) is 5.02 Å². The van der Waals surface area contributed by atoms with Gasteiger partial charge in [0.1, 0.15) is 11.2 Å². The Morgan fingerprint density at radius 1 is 1.38 bits per heavy atom. The van der Waals surface area contributed by atoms with Crippen LogP contribution in [0.15, 0.2) is 28.0 Å². The SMILES string of the molecule is CN(C)CCNC(=O)c1csc(Nc2nc3cc(Cl)ccc3o2)n1. The van der Waals surface area contributed by atoms with Gasteiger partial charge in [0.05, 0.1) is 0 Å². The molecule has 3 aromatic rings. The van der Waals surface area contributed by atoms with E-state index in [-0.39, 0.29) is 5.91 Å². The summed E-state index contributed by atoms with van der Waals surface area (Å²) >= 11 is 7.23. The third-order valence-electron chi connectivity index (χ3n) is 3.14. The molecule has 1 aromatic carbocycles. The van der Waals surface area contributed by atoms with Crippen molar-refractivity contribution < 1.29 is 9.21 Å². The van der Waals surface area contributed by atoms with Gasteiger partial charge in [0.15, 0.2) is 10.7 Å². The van der Waals surface area contributed by atoms with Gasteiger partial charge in [-0.3, -0.25) is 10.1 Å². The van der Waals surface area contributed by atoms with Crippen molar-refractivity contribution in [1.29, 1.82) is 0 Å². The average molecular weight is 366 g/mol. The number of thiazole rings is 1. The highest BCUT2D eigenvalue weighted by Crippen LogP contribution is 2.25. The molecule has 1 amide bonds. The topological polar surface area (TPSA) is 83.3 Å². The van der Waals surface area contributed by atoms with E-state index < -0.39 is 0 Å². The third-order valence-corrected chi connectivity index (χ3v) is 4.14. The second-order valence-corrected chi connectivity index (χ2v) is 6.65. The number of carbonyl (C=O) groups is 1. The third kappa shape index (κ3) is 4.02. The molecule has 0 aliphatic carbocycles. The summed E-state index contributed by atoms with van der Waals surface area (Å²) in [6.45, 7) is 1.34. The van der Waals surface area contributed by atoms with Crippen molar-refractivity contribution in [2.45, 2.75) is 0 Å². The van der Waals surface area contributed by atoms with Crippen molar-refractivity contribution >= 4 is 51.1 Å². The monoisotopic (exact) mass is 365 g/mol. The Morgan fingerprint density at radius 2 is 2.21 bits per heavy atom. The number of anilines is 2. The van der Waals surface area contributed by atoms with E-state index >= 15 is 0 Å². The zero-order chi connectivity index (χ0) is 17.1. The maximum atomic E-state index is 12.0. The molecule has 0 radical (unpaired) electrons. The molecule has 0 aliphatic rings.